The van der Waals surface area contributed by atoms with Gasteiger partial charge >= 0.3 is 0 Å². The minimum absolute atomic E-state index is 0. The Kier molecular flexibility index (Phi) is 9.15. The normalized spacial score (nSPS) is 20.0. The summed E-state index contributed by atoms with van der Waals surface area (Å²) in [4.78, 5) is 6.76. The van der Waals surface area contributed by atoms with Gasteiger partial charge in [0.15, 0.2) is 5.96 Å². The predicted octanol–water partition coefficient (Wildman–Crippen LogP) is 2.87. The van der Waals surface area contributed by atoms with Gasteiger partial charge in [-0.1, -0.05) is 37.1 Å². The maximum atomic E-state index is 9.59. The van der Waals surface area contributed by atoms with E-state index in [1.807, 2.05) is 7.05 Å². The van der Waals surface area contributed by atoms with Crippen LogP contribution in [0.3, 0.4) is 0 Å². The Morgan fingerprint density at radius 1 is 1.08 bits per heavy atom. The molecule has 0 unspecified atom stereocenters. The molecule has 1 aliphatic heterocycles. The molecule has 0 radical (unpaired) electrons. The van der Waals surface area contributed by atoms with Crippen molar-refractivity contribution < 1.29 is 5.11 Å². The van der Waals surface area contributed by atoms with Crippen LogP contribution in [0.4, 0.5) is 0 Å². The highest BCUT2D eigenvalue weighted by Crippen LogP contribution is 2.17. The third-order valence-corrected chi connectivity index (χ3v) is 5.37. The molecule has 0 spiro atoms. The van der Waals surface area contributed by atoms with Gasteiger partial charge < -0.3 is 15.7 Å². The lowest BCUT2D eigenvalue weighted by molar-refractivity contribution is 0.0792. The summed E-state index contributed by atoms with van der Waals surface area (Å²) < 4.78 is 0. The number of aliphatic imine (C=N–C) groups is 1. The largest absolute Gasteiger partial charge is 0.393 e. The summed E-state index contributed by atoms with van der Waals surface area (Å²) in [5.41, 5.74) is 2.61. The van der Waals surface area contributed by atoms with Crippen LogP contribution in [0.25, 0.3) is 0 Å². The van der Waals surface area contributed by atoms with Crippen molar-refractivity contribution in [2.45, 2.75) is 63.8 Å². The summed E-state index contributed by atoms with van der Waals surface area (Å²) in [6, 6.07) is 9.41. The van der Waals surface area contributed by atoms with Crippen LogP contribution in [0.15, 0.2) is 29.3 Å². The predicted molar refractivity (Wildman–Crippen MR) is 118 cm³/mol. The number of hydrogen-bond donors (Lipinski definition) is 3. The van der Waals surface area contributed by atoms with Gasteiger partial charge in [-0.3, -0.25) is 9.89 Å². The van der Waals surface area contributed by atoms with E-state index in [0.29, 0.717) is 6.04 Å². The molecular weight excluding hydrogens is 439 g/mol. The van der Waals surface area contributed by atoms with Crippen molar-refractivity contribution in [3.63, 3.8) is 0 Å². The van der Waals surface area contributed by atoms with E-state index in [2.05, 4.69) is 44.8 Å². The molecule has 3 N–H and O–H groups in total. The van der Waals surface area contributed by atoms with Crippen molar-refractivity contribution in [1.82, 2.24) is 15.5 Å². The van der Waals surface area contributed by atoms with Crippen molar-refractivity contribution in [3.05, 3.63) is 35.4 Å². The van der Waals surface area contributed by atoms with E-state index in [1.54, 1.807) is 0 Å². The molecule has 5 nitrogen and oxygen atoms in total. The van der Waals surface area contributed by atoms with Crippen LogP contribution in [0.2, 0.25) is 0 Å². The van der Waals surface area contributed by atoms with Crippen LogP contribution in [0.5, 0.6) is 0 Å². The molecule has 2 fully saturated rings. The lowest BCUT2D eigenvalue weighted by atomic mass is 10.1. The van der Waals surface area contributed by atoms with E-state index in [4.69, 9.17) is 0 Å². The van der Waals surface area contributed by atoms with E-state index < -0.39 is 0 Å². The highest BCUT2D eigenvalue weighted by Gasteiger charge is 2.17. The number of guanidine groups is 1. The second kappa shape index (κ2) is 11.1. The van der Waals surface area contributed by atoms with Crippen LogP contribution in [-0.2, 0) is 13.1 Å². The van der Waals surface area contributed by atoms with E-state index in [1.165, 1.54) is 36.8 Å². The van der Waals surface area contributed by atoms with Gasteiger partial charge in [0.05, 0.1) is 6.10 Å². The van der Waals surface area contributed by atoms with Crippen LogP contribution < -0.4 is 10.6 Å². The van der Waals surface area contributed by atoms with Crippen LogP contribution >= 0.6 is 24.0 Å². The summed E-state index contributed by atoms with van der Waals surface area (Å²) in [6.07, 6.45) is 6.85. The number of nitrogens with one attached hydrogen (secondary N) is 2. The second-order valence-corrected chi connectivity index (χ2v) is 7.38. The molecule has 3 rings (SSSR count). The average Bonchev–Trinajstić information content (AvgIpc) is 3.15. The fourth-order valence-electron chi connectivity index (χ4n) is 3.74. The van der Waals surface area contributed by atoms with Crippen molar-refractivity contribution in [2.75, 3.05) is 20.1 Å². The number of hydrogen-bond acceptors (Lipinski definition) is 3. The highest BCUT2D eigenvalue weighted by molar-refractivity contribution is 14.0. The first-order valence-corrected chi connectivity index (χ1v) is 9.68. The fraction of sp³-hybridized carbons (Fsp3) is 0.650. The molecule has 0 bridgehead atoms. The van der Waals surface area contributed by atoms with E-state index in [-0.39, 0.29) is 30.1 Å². The Morgan fingerprint density at radius 3 is 2.31 bits per heavy atom. The Hall–Kier alpha value is -0.860. The first-order chi connectivity index (χ1) is 12.2. The van der Waals surface area contributed by atoms with Crippen molar-refractivity contribution in [3.8, 4) is 0 Å². The first kappa shape index (κ1) is 21.4. The highest BCUT2D eigenvalue weighted by atomic mass is 127. The number of piperidine rings is 1. The lowest BCUT2D eigenvalue weighted by Gasteiger charge is -2.29. The quantitative estimate of drug-likeness (QED) is 0.351. The molecule has 1 aromatic rings. The van der Waals surface area contributed by atoms with Crippen molar-refractivity contribution >= 4 is 29.9 Å². The zero-order valence-corrected chi connectivity index (χ0v) is 18.1. The maximum Gasteiger partial charge on any atom is 0.191 e. The average molecular weight is 472 g/mol. The van der Waals surface area contributed by atoms with Gasteiger partial charge in [0.1, 0.15) is 0 Å². The SMILES string of the molecule is CN=C(NCc1ccc(CN2CCC(O)CC2)cc1)NC1CCCC1.I. The van der Waals surface area contributed by atoms with Crippen LogP contribution in [-0.4, -0.2) is 48.2 Å². The number of benzene rings is 1. The summed E-state index contributed by atoms with van der Waals surface area (Å²) in [5, 5.41) is 16.5. The molecule has 146 valence electrons. The van der Waals surface area contributed by atoms with Crippen molar-refractivity contribution in [2.24, 2.45) is 4.99 Å². The lowest BCUT2D eigenvalue weighted by Crippen LogP contribution is -2.41. The Morgan fingerprint density at radius 2 is 1.69 bits per heavy atom. The number of aliphatic hydroxyl groups is 1. The molecular formula is C20H33IN4O. The summed E-state index contributed by atoms with van der Waals surface area (Å²) in [5.74, 6) is 0.905. The number of rotatable bonds is 5. The first-order valence-electron chi connectivity index (χ1n) is 9.68. The molecule has 0 atom stereocenters. The minimum Gasteiger partial charge on any atom is -0.393 e. The molecule has 2 aliphatic rings. The maximum absolute atomic E-state index is 9.59. The van der Waals surface area contributed by atoms with E-state index >= 15 is 0 Å². The van der Waals surface area contributed by atoms with Gasteiger partial charge in [0, 0.05) is 39.3 Å². The Labute approximate surface area is 174 Å². The molecule has 1 saturated heterocycles. The summed E-state index contributed by atoms with van der Waals surface area (Å²) in [6.45, 7) is 3.76. The van der Waals surface area contributed by atoms with E-state index in [9.17, 15) is 5.11 Å². The standard InChI is InChI=1S/C20H32N4O.HI/c1-21-20(23-18-4-2-3-5-18)22-14-16-6-8-17(9-7-16)15-24-12-10-19(25)11-13-24;/h6-9,18-19,25H,2-5,10-15H2,1H3,(H2,21,22,23);1H. The molecule has 1 heterocycles. The third kappa shape index (κ3) is 6.70. The zero-order valence-electron chi connectivity index (χ0n) is 15.8. The molecule has 1 aromatic carbocycles. The Bertz CT molecular complexity index is 549. The molecule has 0 amide bonds. The van der Waals surface area contributed by atoms with Gasteiger partial charge in [-0.05, 0) is 36.8 Å². The Balaban J connectivity index is 0.00000243. The van der Waals surface area contributed by atoms with Gasteiger partial charge in [-0.15, -0.1) is 24.0 Å². The number of likely N-dealkylation sites (tertiary alicyclic amines) is 1. The number of aliphatic hydroxyl groups excluding tert-OH is 1. The number of halogens is 1. The molecule has 1 aliphatic carbocycles. The fourth-order valence-corrected chi connectivity index (χ4v) is 3.74. The minimum atomic E-state index is -0.100. The van der Waals surface area contributed by atoms with Crippen LogP contribution in [0, 0.1) is 0 Å². The second-order valence-electron chi connectivity index (χ2n) is 7.38. The third-order valence-electron chi connectivity index (χ3n) is 5.37. The van der Waals surface area contributed by atoms with Crippen LogP contribution in [0.1, 0.15) is 49.7 Å². The molecule has 0 aromatic heterocycles. The number of nitrogens with zero attached hydrogens (tertiary/aromatic N) is 2. The molecule has 1 saturated carbocycles. The van der Waals surface area contributed by atoms with Gasteiger partial charge in [-0.2, -0.15) is 0 Å². The topological polar surface area (TPSA) is 59.9 Å². The summed E-state index contributed by atoms with van der Waals surface area (Å²) in [7, 11) is 1.84. The molecule has 26 heavy (non-hydrogen) atoms. The van der Waals surface area contributed by atoms with Gasteiger partial charge in [0.25, 0.3) is 0 Å². The van der Waals surface area contributed by atoms with Crippen molar-refractivity contribution in [1.29, 1.82) is 0 Å². The zero-order chi connectivity index (χ0) is 17.5. The van der Waals surface area contributed by atoms with Gasteiger partial charge in [-0.25, -0.2) is 0 Å². The van der Waals surface area contributed by atoms with Gasteiger partial charge in [0.2, 0.25) is 0 Å². The smallest absolute Gasteiger partial charge is 0.191 e. The monoisotopic (exact) mass is 472 g/mol. The van der Waals surface area contributed by atoms with E-state index in [0.717, 1.165) is 45.0 Å². The molecule has 6 heteroatoms. The summed E-state index contributed by atoms with van der Waals surface area (Å²) >= 11 is 0.